The molecule has 1 aromatic rings. The summed E-state index contributed by atoms with van der Waals surface area (Å²) in [7, 11) is 0. The SMILES string of the molecule is N#C[C@H]1O[C@@H](CO)[C@H](O)[C@@H]1OC(=O)c1ccccc1. The molecule has 0 unspecified atom stereocenters. The first kappa shape index (κ1) is 13.5. The number of aliphatic hydroxyl groups is 2. The highest BCUT2D eigenvalue weighted by atomic mass is 16.6. The third-order valence-electron chi connectivity index (χ3n) is 2.90. The number of nitriles is 1. The van der Waals surface area contributed by atoms with Crippen LogP contribution in [0.25, 0.3) is 0 Å². The molecular weight excluding hydrogens is 250 g/mol. The first-order chi connectivity index (χ1) is 9.17. The molecule has 0 saturated carbocycles. The van der Waals surface area contributed by atoms with Crippen molar-refractivity contribution in [3.8, 4) is 6.07 Å². The lowest BCUT2D eigenvalue weighted by molar-refractivity contribution is -0.0175. The first-order valence-corrected chi connectivity index (χ1v) is 5.77. The molecule has 0 radical (unpaired) electrons. The number of esters is 1. The van der Waals surface area contributed by atoms with Gasteiger partial charge in [-0.05, 0) is 12.1 Å². The maximum absolute atomic E-state index is 11.8. The van der Waals surface area contributed by atoms with Crippen molar-refractivity contribution >= 4 is 5.97 Å². The maximum atomic E-state index is 11.8. The Kier molecular flexibility index (Phi) is 4.12. The number of hydrogen-bond acceptors (Lipinski definition) is 6. The molecule has 6 nitrogen and oxygen atoms in total. The normalized spacial score (nSPS) is 29.7. The van der Waals surface area contributed by atoms with Crippen molar-refractivity contribution in [1.29, 1.82) is 5.26 Å². The van der Waals surface area contributed by atoms with Gasteiger partial charge < -0.3 is 19.7 Å². The largest absolute Gasteiger partial charge is 0.452 e. The van der Waals surface area contributed by atoms with E-state index in [0.717, 1.165) is 0 Å². The molecule has 4 atom stereocenters. The van der Waals surface area contributed by atoms with E-state index in [9.17, 15) is 9.90 Å². The van der Waals surface area contributed by atoms with Crippen LogP contribution in [0.3, 0.4) is 0 Å². The number of ether oxygens (including phenoxy) is 2. The van der Waals surface area contributed by atoms with Crippen LogP contribution in [0.1, 0.15) is 10.4 Å². The summed E-state index contributed by atoms with van der Waals surface area (Å²) < 4.78 is 10.2. The molecule has 19 heavy (non-hydrogen) atoms. The number of nitrogens with zero attached hydrogens (tertiary/aromatic N) is 1. The van der Waals surface area contributed by atoms with Crippen LogP contribution >= 0.6 is 0 Å². The molecule has 2 rings (SSSR count). The van der Waals surface area contributed by atoms with Crippen LogP contribution in [0.5, 0.6) is 0 Å². The molecule has 1 aliphatic rings. The van der Waals surface area contributed by atoms with Gasteiger partial charge in [0.05, 0.1) is 18.2 Å². The van der Waals surface area contributed by atoms with Crippen LogP contribution in [0.15, 0.2) is 30.3 Å². The van der Waals surface area contributed by atoms with Crippen molar-refractivity contribution in [1.82, 2.24) is 0 Å². The molecule has 100 valence electrons. The van der Waals surface area contributed by atoms with Gasteiger partial charge in [0.2, 0.25) is 0 Å². The van der Waals surface area contributed by atoms with E-state index in [1.807, 2.05) is 0 Å². The Morgan fingerprint density at radius 3 is 2.68 bits per heavy atom. The van der Waals surface area contributed by atoms with Crippen LogP contribution in [-0.2, 0) is 9.47 Å². The minimum absolute atomic E-state index is 0.318. The van der Waals surface area contributed by atoms with Gasteiger partial charge in [-0.15, -0.1) is 0 Å². The summed E-state index contributed by atoms with van der Waals surface area (Å²) in [5.74, 6) is -0.646. The van der Waals surface area contributed by atoms with E-state index in [1.165, 1.54) is 0 Å². The van der Waals surface area contributed by atoms with Crippen molar-refractivity contribution in [2.75, 3.05) is 6.61 Å². The lowest BCUT2D eigenvalue weighted by Gasteiger charge is -2.17. The third-order valence-corrected chi connectivity index (χ3v) is 2.90. The lowest BCUT2D eigenvalue weighted by atomic mass is 10.1. The van der Waals surface area contributed by atoms with Gasteiger partial charge in [-0.2, -0.15) is 5.26 Å². The molecule has 1 aliphatic heterocycles. The second kappa shape index (κ2) is 5.80. The number of hydrogen-bond donors (Lipinski definition) is 2. The summed E-state index contributed by atoms with van der Waals surface area (Å²) in [5.41, 5.74) is 0.318. The highest BCUT2D eigenvalue weighted by Crippen LogP contribution is 2.24. The van der Waals surface area contributed by atoms with Crippen molar-refractivity contribution < 1.29 is 24.5 Å². The lowest BCUT2D eigenvalue weighted by Crippen LogP contribution is -2.37. The maximum Gasteiger partial charge on any atom is 0.338 e. The van der Waals surface area contributed by atoms with Gasteiger partial charge in [0.1, 0.15) is 12.2 Å². The predicted octanol–water partition coefficient (Wildman–Crippen LogP) is -0.144. The Balaban J connectivity index is 2.10. The summed E-state index contributed by atoms with van der Waals surface area (Å²) in [4.78, 5) is 11.8. The molecule has 0 spiro atoms. The number of carbonyl (C=O) groups excluding carboxylic acids is 1. The van der Waals surface area contributed by atoms with Gasteiger partial charge in [-0.1, -0.05) is 18.2 Å². The summed E-state index contributed by atoms with van der Waals surface area (Å²) in [6, 6.07) is 10.0. The van der Waals surface area contributed by atoms with Crippen molar-refractivity contribution in [3.63, 3.8) is 0 Å². The highest BCUT2D eigenvalue weighted by Gasteiger charge is 2.46. The van der Waals surface area contributed by atoms with E-state index in [0.29, 0.717) is 5.56 Å². The topological polar surface area (TPSA) is 99.8 Å². The number of benzene rings is 1. The van der Waals surface area contributed by atoms with Crippen LogP contribution in [0, 0.1) is 11.3 Å². The molecule has 2 N–H and O–H groups in total. The van der Waals surface area contributed by atoms with E-state index >= 15 is 0 Å². The van der Waals surface area contributed by atoms with Gasteiger partial charge in [0.25, 0.3) is 0 Å². The molecule has 1 aromatic carbocycles. The fourth-order valence-corrected chi connectivity index (χ4v) is 1.89. The Morgan fingerprint density at radius 1 is 1.42 bits per heavy atom. The summed E-state index contributed by atoms with van der Waals surface area (Å²) >= 11 is 0. The average Bonchev–Trinajstić information content (AvgIpc) is 2.76. The Hall–Kier alpha value is -1.94. The fourth-order valence-electron chi connectivity index (χ4n) is 1.89. The van der Waals surface area contributed by atoms with Gasteiger partial charge >= 0.3 is 5.97 Å². The molecule has 1 fully saturated rings. The van der Waals surface area contributed by atoms with E-state index in [2.05, 4.69) is 0 Å². The Morgan fingerprint density at radius 2 is 2.11 bits per heavy atom. The van der Waals surface area contributed by atoms with E-state index < -0.39 is 37.0 Å². The molecule has 6 heteroatoms. The summed E-state index contributed by atoms with van der Waals surface area (Å²) in [6.07, 6.45) is -4.32. The molecule has 0 aliphatic carbocycles. The monoisotopic (exact) mass is 263 g/mol. The van der Waals surface area contributed by atoms with Gasteiger partial charge in [-0.3, -0.25) is 0 Å². The zero-order valence-corrected chi connectivity index (χ0v) is 9.97. The van der Waals surface area contributed by atoms with Crippen LogP contribution in [0.2, 0.25) is 0 Å². The fraction of sp³-hybridized carbons (Fsp3) is 0.385. The standard InChI is InChI=1S/C13H13NO5/c14-6-9-12(11(16)10(7-15)18-9)19-13(17)8-4-2-1-3-5-8/h1-5,9-12,15-16H,7H2/t9-,10+,11+,12-/m1/s1. The number of aliphatic hydroxyl groups excluding tert-OH is 2. The Labute approximate surface area is 109 Å². The molecule has 0 bridgehead atoms. The molecule has 1 heterocycles. The second-order valence-corrected chi connectivity index (χ2v) is 4.13. The van der Waals surface area contributed by atoms with Crippen LogP contribution < -0.4 is 0 Å². The minimum Gasteiger partial charge on any atom is -0.452 e. The molecular formula is C13H13NO5. The number of rotatable bonds is 3. The van der Waals surface area contributed by atoms with Crippen LogP contribution in [0.4, 0.5) is 0 Å². The Bertz CT molecular complexity index is 484. The van der Waals surface area contributed by atoms with Gasteiger partial charge in [0.15, 0.2) is 12.2 Å². The second-order valence-electron chi connectivity index (χ2n) is 4.13. The predicted molar refractivity (Wildman–Crippen MR) is 63.0 cm³/mol. The molecule has 0 amide bonds. The van der Waals surface area contributed by atoms with Crippen molar-refractivity contribution in [2.45, 2.75) is 24.4 Å². The first-order valence-electron chi connectivity index (χ1n) is 5.77. The van der Waals surface area contributed by atoms with Gasteiger partial charge in [-0.25, -0.2) is 4.79 Å². The smallest absolute Gasteiger partial charge is 0.338 e. The zero-order chi connectivity index (χ0) is 13.8. The van der Waals surface area contributed by atoms with E-state index in [-0.39, 0.29) is 0 Å². The van der Waals surface area contributed by atoms with E-state index in [4.69, 9.17) is 19.8 Å². The highest BCUT2D eigenvalue weighted by molar-refractivity contribution is 5.89. The van der Waals surface area contributed by atoms with E-state index in [1.54, 1.807) is 36.4 Å². The van der Waals surface area contributed by atoms with Crippen molar-refractivity contribution in [3.05, 3.63) is 35.9 Å². The summed E-state index contributed by atoms with van der Waals surface area (Å²) in [5, 5.41) is 27.7. The minimum atomic E-state index is -1.22. The quantitative estimate of drug-likeness (QED) is 0.736. The zero-order valence-electron chi connectivity index (χ0n) is 9.97. The van der Waals surface area contributed by atoms with Gasteiger partial charge in [0, 0.05) is 0 Å². The third kappa shape index (κ3) is 2.74. The van der Waals surface area contributed by atoms with Crippen molar-refractivity contribution in [2.24, 2.45) is 0 Å². The molecule has 1 saturated heterocycles. The summed E-state index contributed by atoms with van der Waals surface area (Å²) in [6.45, 7) is -0.446. The average molecular weight is 263 g/mol. The molecule has 0 aromatic heterocycles. The number of carbonyl (C=O) groups is 1. The van der Waals surface area contributed by atoms with Crippen LogP contribution in [-0.4, -0.2) is 47.2 Å².